The zero-order valence-corrected chi connectivity index (χ0v) is 11.6. The van der Waals surface area contributed by atoms with E-state index in [1.807, 2.05) is 24.3 Å². The molecule has 19 heavy (non-hydrogen) atoms. The SMILES string of the molecule is CNC(=O)c1ccc(CNN2CCN(C)CC2)cc1. The number of benzene rings is 1. The molecular formula is C14H22N4O. The Labute approximate surface area is 114 Å². The fraction of sp³-hybridized carbons (Fsp3) is 0.500. The molecule has 1 aliphatic heterocycles. The van der Waals surface area contributed by atoms with Gasteiger partial charge in [0.2, 0.25) is 0 Å². The van der Waals surface area contributed by atoms with Crippen molar-refractivity contribution in [2.24, 2.45) is 0 Å². The Hall–Kier alpha value is -1.43. The van der Waals surface area contributed by atoms with Gasteiger partial charge in [0.15, 0.2) is 0 Å². The Balaban J connectivity index is 1.81. The Morgan fingerprint density at radius 1 is 1.16 bits per heavy atom. The van der Waals surface area contributed by atoms with E-state index in [0.717, 1.165) is 32.7 Å². The third-order valence-electron chi connectivity index (χ3n) is 3.45. The summed E-state index contributed by atoms with van der Waals surface area (Å²) in [7, 11) is 3.79. The van der Waals surface area contributed by atoms with Crippen LogP contribution in [0, 0.1) is 0 Å². The lowest BCUT2D eigenvalue weighted by Gasteiger charge is -2.32. The molecule has 1 aromatic rings. The maximum Gasteiger partial charge on any atom is 0.251 e. The maximum absolute atomic E-state index is 11.4. The first kappa shape index (κ1) is 14.0. The minimum Gasteiger partial charge on any atom is -0.355 e. The van der Waals surface area contributed by atoms with Crippen LogP contribution in [0.25, 0.3) is 0 Å². The number of amides is 1. The van der Waals surface area contributed by atoms with E-state index in [1.54, 1.807) is 7.05 Å². The van der Waals surface area contributed by atoms with Gasteiger partial charge < -0.3 is 10.2 Å². The molecular weight excluding hydrogens is 240 g/mol. The van der Waals surface area contributed by atoms with E-state index < -0.39 is 0 Å². The van der Waals surface area contributed by atoms with E-state index in [-0.39, 0.29) is 5.91 Å². The standard InChI is InChI=1S/C14H22N4O/c1-15-14(19)13-5-3-12(4-6-13)11-16-18-9-7-17(2)8-10-18/h3-6,16H,7-11H2,1-2H3,(H,15,19). The minimum atomic E-state index is -0.0430. The number of nitrogens with one attached hydrogen (secondary N) is 2. The summed E-state index contributed by atoms with van der Waals surface area (Å²) >= 11 is 0. The number of carbonyl (C=O) groups is 1. The van der Waals surface area contributed by atoms with Crippen LogP contribution in [0.2, 0.25) is 0 Å². The predicted octanol–water partition coefficient (Wildman–Crippen LogP) is 0.298. The van der Waals surface area contributed by atoms with Crippen LogP contribution in [0.15, 0.2) is 24.3 Å². The first-order valence-electron chi connectivity index (χ1n) is 6.67. The summed E-state index contributed by atoms with van der Waals surface area (Å²) in [6.07, 6.45) is 0. The van der Waals surface area contributed by atoms with Crippen LogP contribution >= 0.6 is 0 Å². The number of hydrogen-bond donors (Lipinski definition) is 2. The number of rotatable bonds is 4. The van der Waals surface area contributed by atoms with E-state index >= 15 is 0 Å². The summed E-state index contributed by atoms with van der Waals surface area (Å²) in [4.78, 5) is 13.8. The Kier molecular flexibility index (Phi) is 4.90. The summed E-state index contributed by atoms with van der Waals surface area (Å²) < 4.78 is 0. The lowest BCUT2D eigenvalue weighted by atomic mass is 10.1. The maximum atomic E-state index is 11.4. The molecule has 0 spiro atoms. The van der Waals surface area contributed by atoms with Crippen molar-refractivity contribution in [1.82, 2.24) is 20.7 Å². The molecule has 0 atom stereocenters. The smallest absolute Gasteiger partial charge is 0.251 e. The van der Waals surface area contributed by atoms with Gasteiger partial charge in [0.1, 0.15) is 0 Å². The van der Waals surface area contributed by atoms with Crippen LogP contribution in [0.1, 0.15) is 15.9 Å². The van der Waals surface area contributed by atoms with Gasteiger partial charge in [0, 0.05) is 45.3 Å². The first-order chi connectivity index (χ1) is 9.19. The lowest BCUT2D eigenvalue weighted by Crippen LogP contribution is -2.50. The van der Waals surface area contributed by atoms with Gasteiger partial charge in [0.25, 0.3) is 5.91 Å². The monoisotopic (exact) mass is 262 g/mol. The molecule has 1 aliphatic rings. The van der Waals surface area contributed by atoms with Crippen LogP contribution in [0.3, 0.4) is 0 Å². The number of hydrazine groups is 1. The molecule has 0 saturated carbocycles. The molecule has 1 heterocycles. The number of piperazine rings is 1. The zero-order valence-electron chi connectivity index (χ0n) is 11.6. The van der Waals surface area contributed by atoms with Gasteiger partial charge in [-0.15, -0.1) is 0 Å². The van der Waals surface area contributed by atoms with Gasteiger partial charge in [0.05, 0.1) is 0 Å². The van der Waals surface area contributed by atoms with Gasteiger partial charge >= 0.3 is 0 Å². The van der Waals surface area contributed by atoms with E-state index in [9.17, 15) is 4.79 Å². The molecule has 0 unspecified atom stereocenters. The third kappa shape index (κ3) is 4.02. The second-order valence-corrected chi connectivity index (χ2v) is 4.90. The summed E-state index contributed by atoms with van der Waals surface area (Å²) in [6.45, 7) is 5.10. The Bertz CT molecular complexity index is 410. The van der Waals surface area contributed by atoms with Crippen molar-refractivity contribution >= 4 is 5.91 Å². The molecule has 1 aromatic carbocycles. The Morgan fingerprint density at radius 3 is 2.37 bits per heavy atom. The fourth-order valence-electron chi connectivity index (χ4n) is 2.09. The van der Waals surface area contributed by atoms with Crippen molar-refractivity contribution in [3.05, 3.63) is 35.4 Å². The van der Waals surface area contributed by atoms with Gasteiger partial charge in [-0.1, -0.05) is 12.1 Å². The number of hydrogen-bond acceptors (Lipinski definition) is 4. The van der Waals surface area contributed by atoms with Gasteiger partial charge in [-0.25, -0.2) is 5.01 Å². The highest BCUT2D eigenvalue weighted by Gasteiger charge is 2.12. The third-order valence-corrected chi connectivity index (χ3v) is 3.45. The number of carbonyl (C=O) groups excluding carboxylic acids is 1. The first-order valence-corrected chi connectivity index (χ1v) is 6.67. The van der Waals surface area contributed by atoms with Crippen molar-refractivity contribution in [2.45, 2.75) is 6.54 Å². The van der Waals surface area contributed by atoms with E-state index in [2.05, 4.69) is 27.7 Å². The molecule has 5 heteroatoms. The Morgan fingerprint density at radius 2 is 1.79 bits per heavy atom. The van der Waals surface area contributed by atoms with E-state index in [4.69, 9.17) is 0 Å². The second-order valence-electron chi connectivity index (χ2n) is 4.90. The quantitative estimate of drug-likeness (QED) is 0.819. The van der Waals surface area contributed by atoms with Crippen molar-refractivity contribution < 1.29 is 4.79 Å². The topological polar surface area (TPSA) is 47.6 Å². The van der Waals surface area contributed by atoms with Crippen LogP contribution in [-0.2, 0) is 6.54 Å². The average Bonchev–Trinajstić information content (AvgIpc) is 2.46. The molecule has 104 valence electrons. The summed E-state index contributed by atoms with van der Waals surface area (Å²) in [5, 5.41) is 4.88. The molecule has 1 saturated heterocycles. The van der Waals surface area contributed by atoms with Crippen LogP contribution in [0.5, 0.6) is 0 Å². The summed E-state index contributed by atoms with van der Waals surface area (Å²) in [5.41, 5.74) is 5.31. The highest BCUT2D eigenvalue weighted by atomic mass is 16.1. The van der Waals surface area contributed by atoms with E-state index in [1.165, 1.54) is 5.56 Å². The van der Waals surface area contributed by atoms with Gasteiger partial charge in [-0.2, -0.15) is 0 Å². The average molecular weight is 262 g/mol. The normalized spacial score (nSPS) is 17.4. The van der Waals surface area contributed by atoms with Crippen LogP contribution < -0.4 is 10.7 Å². The summed E-state index contributed by atoms with van der Waals surface area (Å²) in [5.74, 6) is -0.0430. The lowest BCUT2D eigenvalue weighted by molar-refractivity contribution is 0.0963. The molecule has 2 rings (SSSR count). The molecule has 2 N–H and O–H groups in total. The van der Waals surface area contributed by atoms with Crippen molar-refractivity contribution in [3.8, 4) is 0 Å². The molecule has 0 bridgehead atoms. The van der Waals surface area contributed by atoms with Crippen LogP contribution in [0.4, 0.5) is 0 Å². The van der Waals surface area contributed by atoms with Gasteiger partial charge in [-0.05, 0) is 24.7 Å². The van der Waals surface area contributed by atoms with Gasteiger partial charge in [-0.3, -0.25) is 10.2 Å². The van der Waals surface area contributed by atoms with Crippen molar-refractivity contribution in [1.29, 1.82) is 0 Å². The number of likely N-dealkylation sites (N-methyl/N-ethyl adjacent to an activating group) is 1. The number of nitrogens with zero attached hydrogens (tertiary/aromatic N) is 2. The molecule has 1 amide bonds. The molecule has 0 aliphatic carbocycles. The van der Waals surface area contributed by atoms with E-state index in [0.29, 0.717) is 5.56 Å². The zero-order chi connectivity index (χ0) is 13.7. The predicted molar refractivity (Wildman–Crippen MR) is 75.7 cm³/mol. The van der Waals surface area contributed by atoms with Crippen molar-refractivity contribution in [2.75, 3.05) is 40.3 Å². The molecule has 0 aromatic heterocycles. The minimum absolute atomic E-state index is 0.0430. The van der Waals surface area contributed by atoms with Crippen molar-refractivity contribution in [3.63, 3.8) is 0 Å². The molecule has 1 fully saturated rings. The molecule has 5 nitrogen and oxygen atoms in total. The highest BCUT2D eigenvalue weighted by molar-refractivity contribution is 5.93. The fourth-order valence-corrected chi connectivity index (χ4v) is 2.09. The second kappa shape index (κ2) is 6.65. The largest absolute Gasteiger partial charge is 0.355 e. The summed E-state index contributed by atoms with van der Waals surface area (Å²) in [6, 6.07) is 7.71. The molecule has 0 radical (unpaired) electrons. The van der Waals surface area contributed by atoms with Crippen LogP contribution in [-0.4, -0.2) is 56.1 Å². The highest BCUT2D eigenvalue weighted by Crippen LogP contribution is 2.05.